The van der Waals surface area contributed by atoms with Gasteiger partial charge in [0.05, 0.1) is 11.4 Å². The molecule has 0 atom stereocenters. The molecule has 0 aliphatic carbocycles. The van der Waals surface area contributed by atoms with Gasteiger partial charge in [0.2, 0.25) is 0 Å². The summed E-state index contributed by atoms with van der Waals surface area (Å²) in [6.07, 6.45) is 1.70. The molecule has 1 saturated heterocycles. The van der Waals surface area contributed by atoms with Crippen molar-refractivity contribution < 1.29 is 14.3 Å². The Morgan fingerprint density at radius 3 is 2.19 bits per heavy atom. The van der Waals surface area contributed by atoms with E-state index in [1.807, 2.05) is 12.1 Å². The molecular weight excluding hydrogens is 489 g/mol. The minimum atomic E-state index is -0.316. The van der Waals surface area contributed by atoms with Crippen molar-refractivity contribution in [2.45, 2.75) is 13.2 Å². The molecule has 4 rings (SSSR count). The second kappa shape index (κ2) is 10.0. The Hall–Kier alpha value is -2.44. The minimum Gasteiger partial charge on any atom is -0.489 e. The molecule has 0 radical (unpaired) electrons. The smallest absolute Gasteiger partial charge is 0.293 e. The molecule has 2 amide bonds. The number of hydrogen-bond acceptors (Lipinski definition) is 4. The highest BCUT2D eigenvalue weighted by atomic mass is 35.5. The van der Waals surface area contributed by atoms with Gasteiger partial charge in [0.1, 0.15) is 12.4 Å². The summed E-state index contributed by atoms with van der Waals surface area (Å²) in [6.45, 7) is 0.442. The monoisotopic (exact) mass is 503 g/mol. The highest BCUT2D eigenvalue weighted by Crippen LogP contribution is 2.34. The predicted octanol–water partition coefficient (Wildman–Crippen LogP) is 7.46. The molecule has 162 valence electrons. The first-order chi connectivity index (χ1) is 15.4. The Balaban J connectivity index is 1.42. The van der Waals surface area contributed by atoms with Crippen LogP contribution in [0, 0.1) is 0 Å². The Kier molecular flexibility index (Phi) is 7.11. The van der Waals surface area contributed by atoms with Crippen molar-refractivity contribution in [3.05, 3.63) is 103 Å². The summed E-state index contributed by atoms with van der Waals surface area (Å²) in [7, 11) is 0. The molecule has 3 aromatic rings. The van der Waals surface area contributed by atoms with E-state index < -0.39 is 0 Å². The van der Waals surface area contributed by atoms with E-state index >= 15 is 0 Å². The number of nitrogens with zero attached hydrogens (tertiary/aromatic N) is 1. The van der Waals surface area contributed by atoms with Crippen LogP contribution in [0.4, 0.5) is 4.79 Å². The van der Waals surface area contributed by atoms with Crippen molar-refractivity contribution in [1.29, 1.82) is 0 Å². The molecule has 0 saturated carbocycles. The largest absolute Gasteiger partial charge is 0.489 e. The maximum absolute atomic E-state index is 12.7. The normalized spacial score (nSPS) is 15.0. The molecule has 8 heteroatoms. The van der Waals surface area contributed by atoms with Crippen LogP contribution in [0.25, 0.3) is 6.08 Å². The Bertz CT molecular complexity index is 1170. The average Bonchev–Trinajstić information content (AvgIpc) is 3.03. The van der Waals surface area contributed by atoms with Crippen LogP contribution < -0.4 is 4.74 Å². The lowest BCUT2D eigenvalue weighted by Gasteiger charge is -2.12. The fourth-order valence-electron chi connectivity index (χ4n) is 3.05. The molecule has 0 spiro atoms. The molecule has 1 fully saturated rings. The van der Waals surface area contributed by atoms with E-state index in [1.54, 1.807) is 60.7 Å². The van der Waals surface area contributed by atoms with Crippen molar-refractivity contribution in [2.24, 2.45) is 0 Å². The Morgan fingerprint density at radius 2 is 1.53 bits per heavy atom. The van der Waals surface area contributed by atoms with Gasteiger partial charge in [0.25, 0.3) is 11.1 Å². The third kappa shape index (κ3) is 5.30. The number of amides is 2. The highest BCUT2D eigenvalue weighted by Gasteiger charge is 2.34. The summed E-state index contributed by atoms with van der Waals surface area (Å²) in [4.78, 5) is 26.7. The number of carbonyl (C=O) groups is 2. The minimum absolute atomic E-state index is 0.205. The number of imide groups is 1. The molecule has 0 aromatic heterocycles. The molecule has 0 N–H and O–H groups in total. The van der Waals surface area contributed by atoms with E-state index in [1.165, 1.54) is 4.90 Å². The first-order valence-electron chi connectivity index (χ1n) is 9.56. The van der Waals surface area contributed by atoms with Crippen LogP contribution >= 0.6 is 46.6 Å². The van der Waals surface area contributed by atoms with Crippen LogP contribution in [0.15, 0.2) is 71.6 Å². The molecule has 1 aliphatic heterocycles. The Morgan fingerprint density at radius 1 is 0.875 bits per heavy atom. The highest BCUT2D eigenvalue weighted by molar-refractivity contribution is 8.18. The number of carbonyl (C=O) groups excluding carboxylic acids is 2. The zero-order valence-electron chi connectivity index (χ0n) is 16.6. The molecule has 4 nitrogen and oxygen atoms in total. The maximum atomic E-state index is 12.7. The lowest BCUT2D eigenvalue weighted by atomic mass is 10.2. The summed E-state index contributed by atoms with van der Waals surface area (Å²) in [5, 5.41) is 1.39. The molecule has 0 bridgehead atoms. The standard InChI is InChI=1S/C24H16Cl3NO3S/c25-17-8-4-16(5-9-17)13-28-23(29)22(32-24(28)30)12-15-6-10-18(11-7-15)31-14-19-20(26)2-1-3-21(19)27/h1-12H,13-14H2/b22-12-. The van der Waals surface area contributed by atoms with Crippen molar-refractivity contribution in [3.8, 4) is 5.75 Å². The summed E-state index contributed by atoms with van der Waals surface area (Å²) in [5.74, 6) is 0.317. The quantitative estimate of drug-likeness (QED) is 0.327. The van der Waals surface area contributed by atoms with Crippen LogP contribution in [0.2, 0.25) is 15.1 Å². The summed E-state index contributed by atoms with van der Waals surface area (Å²) < 4.78 is 5.78. The second-order valence-electron chi connectivity index (χ2n) is 6.95. The molecule has 1 aliphatic rings. The summed E-state index contributed by atoms with van der Waals surface area (Å²) in [5.41, 5.74) is 2.33. The number of hydrogen-bond donors (Lipinski definition) is 0. The van der Waals surface area contributed by atoms with Crippen LogP contribution in [0.5, 0.6) is 5.75 Å². The van der Waals surface area contributed by atoms with Crippen LogP contribution in [0.3, 0.4) is 0 Å². The van der Waals surface area contributed by atoms with Crippen molar-refractivity contribution >= 4 is 63.8 Å². The topological polar surface area (TPSA) is 46.6 Å². The van der Waals surface area contributed by atoms with E-state index in [0.717, 1.165) is 22.9 Å². The molecule has 32 heavy (non-hydrogen) atoms. The molecule has 0 unspecified atom stereocenters. The lowest BCUT2D eigenvalue weighted by molar-refractivity contribution is -0.123. The van der Waals surface area contributed by atoms with Gasteiger partial charge in [-0.05, 0) is 65.4 Å². The number of rotatable bonds is 6. The van der Waals surface area contributed by atoms with E-state index in [9.17, 15) is 9.59 Å². The number of halogens is 3. The fourth-order valence-corrected chi connectivity index (χ4v) is 4.52. The van der Waals surface area contributed by atoms with Gasteiger partial charge in [0.15, 0.2) is 0 Å². The third-order valence-electron chi connectivity index (χ3n) is 4.75. The number of benzene rings is 3. The number of thioether (sulfide) groups is 1. The lowest BCUT2D eigenvalue weighted by Crippen LogP contribution is -2.27. The zero-order chi connectivity index (χ0) is 22.7. The van der Waals surface area contributed by atoms with Gasteiger partial charge in [-0.15, -0.1) is 0 Å². The molecule has 3 aromatic carbocycles. The average molecular weight is 505 g/mol. The van der Waals surface area contributed by atoms with Crippen LogP contribution in [-0.4, -0.2) is 16.0 Å². The van der Waals surface area contributed by atoms with E-state index in [-0.39, 0.29) is 24.3 Å². The molecular formula is C24H16Cl3NO3S. The van der Waals surface area contributed by atoms with Gasteiger partial charge in [-0.2, -0.15) is 0 Å². The van der Waals surface area contributed by atoms with Crippen LogP contribution in [-0.2, 0) is 17.9 Å². The summed E-state index contributed by atoms with van der Waals surface area (Å²) >= 11 is 19.2. The summed E-state index contributed by atoms with van der Waals surface area (Å²) in [6, 6.07) is 19.6. The van der Waals surface area contributed by atoms with Gasteiger partial charge < -0.3 is 4.74 Å². The van der Waals surface area contributed by atoms with Gasteiger partial charge in [-0.3, -0.25) is 14.5 Å². The van der Waals surface area contributed by atoms with Crippen LogP contribution in [0.1, 0.15) is 16.7 Å². The van der Waals surface area contributed by atoms with E-state index in [2.05, 4.69) is 0 Å². The van der Waals surface area contributed by atoms with Gasteiger partial charge in [-0.1, -0.05) is 65.1 Å². The van der Waals surface area contributed by atoms with Crippen molar-refractivity contribution in [3.63, 3.8) is 0 Å². The SMILES string of the molecule is O=C1S/C(=C\c2ccc(OCc3c(Cl)cccc3Cl)cc2)C(=O)N1Cc1ccc(Cl)cc1. The second-order valence-corrected chi connectivity index (χ2v) is 9.20. The first-order valence-corrected chi connectivity index (χ1v) is 11.5. The van der Waals surface area contributed by atoms with Gasteiger partial charge >= 0.3 is 0 Å². The fraction of sp³-hybridized carbons (Fsp3) is 0.0833. The third-order valence-corrected chi connectivity index (χ3v) is 6.62. The maximum Gasteiger partial charge on any atom is 0.293 e. The van der Waals surface area contributed by atoms with E-state index in [4.69, 9.17) is 39.5 Å². The predicted molar refractivity (Wildman–Crippen MR) is 130 cm³/mol. The zero-order valence-corrected chi connectivity index (χ0v) is 19.6. The molecule has 1 heterocycles. The van der Waals surface area contributed by atoms with E-state index in [0.29, 0.717) is 31.3 Å². The first kappa shape index (κ1) is 22.7. The van der Waals surface area contributed by atoms with Gasteiger partial charge in [-0.25, -0.2) is 0 Å². The van der Waals surface area contributed by atoms with Gasteiger partial charge in [0, 0.05) is 20.6 Å². The number of ether oxygens (including phenoxy) is 1. The van der Waals surface area contributed by atoms with Crippen molar-refractivity contribution in [2.75, 3.05) is 0 Å². The Labute approximate surface area is 204 Å². The van der Waals surface area contributed by atoms with Crippen molar-refractivity contribution in [1.82, 2.24) is 4.90 Å².